The van der Waals surface area contributed by atoms with E-state index in [1.54, 1.807) is 6.92 Å². The summed E-state index contributed by atoms with van der Waals surface area (Å²) in [5.74, 6) is -0.907. The fourth-order valence-electron chi connectivity index (χ4n) is 2.44. The standard InChI is InChI=1S/C13H24N2O3/c1-2-10(14)12(16)15-11(13(17)18)8-9-6-4-3-5-7-9/h9-11H,2-8,14H2,1H3,(H,15,16)(H,17,18)/t10-,11?/m0/s1. The van der Waals surface area contributed by atoms with Gasteiger partial charge < -0.3 is 16.2 Å². The maximum atomic E-state index is 11.6. The summed E-state index contributed by atoms with van der Waals surface area (Å²) in [6, 6.07) is -1.41. The molecule has 0 aromatic heterocycles. The van der Waals surface area contributed by atoms with E-state index in [1.807, 2.05) is 0 Å². The van der Waals surface area contributed by atoms with Crippen molar-refractivity contribution in [3.8, 4) is 0 Å². The van der Waals surface area contributed by atoms with Crippen molar-refractivity contribution in [2.75, 3.05) is 0 Å². The van der Waals surface area contributed by atoms with Crippen LogP contribution in [-0.2, 0) is 9.59 Å². The van der Waals surface area contributed by atoms with Crippen molar-refractivity contribution in [2.24, 2.45) is 11.7 Å². The van der Waals surface area contributed by atoms with Gasteiger partial charge in [0, 0.05) is 0 Å². The summed E-state index contributed by atoms with van der Waals surface area (Å²) in [4.78, 5) is 22.8. The highest BCUT2D eigenvalue weighted by Crippen LogP contribution is 2.27. The molecule has 1 amide bonds. The van der Waals surface area contributed by atoms with Crippen LogP contribution in [0.15, 0.2) is 0 Å². The molecule has 0 aromatic carbocycles. The van der Waals surface area contributed by atoms with Gasteiger partial charge in [0.15, 0.2) is 0 Å². The van der Waals surface area contributed by atoms with Gasteiger partial charge in [-0.15, -0.1) is 0 Å². The first kappa shape index (κ1) is 15.0. The van der Waals surface area contributed by atoms with Gasteiger partial charge in [-0.1, -0.05) is 39.0 Å². The average Bonchev–Trinajstić information content (AvgIpc) is 2.37. The number of hydrogen-bond acceptors (Lipinski definition) is 3. The van der Waals surface area contributed by atoms with Crippen LogP contribution in [0.3, 0.4) is 0 Å². The molecule has 0 saturated heterocycles. The number of nitrogens with two attached hydrogens (primary N) is 1. The van der Waals surface area contributed by atoms with Gasteiger partial charge in [0.1, 0.15) is 6.04 Å². The smallest absolute Gasteiger partial charge is 0.326 e. The van der Waals surface area contributed by atoms with E-state index in [9.17, 15) is 9.59 Å². The van der Waals surface area contributed by atoms with Gasteiger partial charge in [-0.25, -0.2) is 4.79 Å². The van der Waals surface area contributed by atoms with Gasteiger partial charge in [-0.2, -0.15) is 0 Å². The van der Waals surface area contributed by atoms with Crippen molar-refractivity contribution >= 4 is 11.9 Å². The second-order valence-electron chi connectivity index (χ2n) is 5.15. The molecule has 18 heavy (non-hydrogen) atoms. The molecule has 1 saturated carbocycles. The van der Waals surface area contributed by atoms with E-state index in [4.69, 9.17) is 10.8 Å². The molecular formula is C13H24N2O3. The highest BCUT2D eigenvalue weighted by Gasteiger charge is 2.26. The molecular weight excluding hydrogens is 232 g/mol. The molecule has 0 spiro atoms. The summed E-state index contributed by atoms with van der Waals surface area (Å²) in [7, 11) is 0. The van der Waals surface area contributed by atoms with Crippen LogP contribution in [0.4, 0.5) is 0 Å². The van der Waals surface area contributed by atoms with Crippen molar-refractivity contribution in [1.82, 2.24) is 5.32 Å². The van der Waals surface area contributed by atoms with E-state index >= 15 is 0 Å². The van der Waals surface area contributed by atoms with Crippen LogP contribution in [0.2, 0.25) is 0 Å². The Hall–Kier alpha value is -1.10. The van der Waals surface area contributed by atoms with E-state index in [1.165, 1.54) is 19.3 Å². The summed E-state index contributed by atoms with van der Waals surface area (Å²) < 4.78 is 0. The average molecular weight is 256 g/mol. The minimum absolute atomic E-state index is 0.360. The van der Waals surface area contributed by atoms with E-state index in [0.29, 0.717) is 18.8 Å². The number of carbonyl (C=O) groups is 2. The molecule has 0 heterocycles. The van der Waals surface area contributed by atoms with Gasteiger partial charge in [0.05, 0.1) is 6.04 Å². The largest absolute Gasteiger partial charge is 0.480 e. The van der Waals surface area contributed by atoms with Crippen molar-refractivity contribution in [2.45, 2.75) is 64.0 Å². The third-order valence-corrected chi connectivity index (χ3v) is 3.68. The number of nitrogens with one attached hydrogen (secondary N) is 1. The molecule has 0 bridgehead atoms. The Labute approximate surface area is 108 Å². The molecule has 1 aliphatic carbocycles. The number of carboxylic acid groups (broad SMARTS) is 1. The lowest BCUT2D eigenvalue weighted by atomic mass is 9.85. The van der Waals surface area contributed by atoms with E-state index in [2.05, 4.69) is 5.32 Å². The Morgan fingerprint density at radius 1 is 1.33 bits per heavy atom. The van der Waals surface area contributed by atoms with Gasteiger partial charge in [-0.05, 0) is 18.8 Å². The second-order valence-corrected chi connectivity index (χ2v) is 5.15. The molecule has 0 aliphatic heterocycles. The number of aliphatic carboxylic acids is 1. The number of carboxylic acids is 1. The lowest BCUT2D eigenvalue weighted by Crippen LogP contribution is -2.48. The maximum Gasteiger partial charge on any atom is 0.326 e. The normalized spacial score (nSPS) is 20.1. The van der Waals surface area contributed by atoms with Crippen molar-refractivity contribution < 1.29 is 14.7 Å². The minimum Gasteiger partial charge on any atom is -0.480 e. The number of hydrogen-bond donors (Lipinski definition) is 3. The Balaban J connectivity index is 2.48. The fourth-order valence-corrected chi connectivity index (χ4v) is 2.44. The molecule has 5 nitrogen and oxygen atoms in total. The molecule has 1 rings (SSSR count). The summed E-state index contributed by atoms with van der Waals surface area (Å²) in [6.07, 6.45) is 6.75. The molecule has 1 aliphatic rings. The lowest BCUT2D eigenvalue weighted by molar-refractivity contribution is -0.142. The summed E-state index contributed by atoms with van der Waals surface area (Å²) in [5.41, 5.74) is 5.59. The first-order valence-corrected chi connectivity index (χ1v) is 6.83. The monoisotopic (exact) mass is 256 g/mol. The summed E-state index contributed by atoms with van der Waals surface area (Å²) in [5, 5.41) is 11.7. The molecule has 0 radical (unpaired) electrons. The quantitative estimate of drug-likeness (QED) is 0.667. The zero-order valence-electron chi connectivity index (χ0n) is 11.0. The molecule has 5 heteroatoms. The van der Waals surface area contributed by atoms with Crippen LogP contribution < -0.4 is 11.1 Å². The molecule has 2 atom stereocenters. The van der Waals surface area contributed by atoms with Crippen molar-refractivity contribution in [3.05, 3.63) is 0 Å². The lowest BCUT2D eigenvalue weighted by Gasteiger charge is -2.25. The predicted octanol–water partition coefficient (Wildman–Crippen LogP) is 1.26. The Bertz CT molecular complexity index is 288. The van der Waals surface area contributed by atoms with Crippen LogP contribution in [0, 0.1) is 5.92 Å². The summed E-state index contributed by atoms with van der Waals surface area (Å²) in [6.45, 7) is 1.81. The van der Waals surface area contributed by atoms with Gasteiger partial charge in [-0.3, -0.25) is 4.79 Å². The van der Waals surface area contributed by atoms with Gasteiger partial charge in [0.2, 0.25) is 5.91 Å². The Kier molecular flexibility index (Phi) is 6.12. The van der Waals surface area contributed by atoms with Gasteiger partial charge in [0.25, 0.3) is 0 Å². The zero-order valence-corrected chi connectivity index (χ0v) is 11.0. The topological polar surface area (TPSA) is 92.4 Å². The van der Waals surface area contributed by atoms with Crippen LogP contribution in [-0.4, -0.2) is 29.1 Å². The van der Waals surface area contributed by atoms with E-state index in [-0.39, 0.29) is 5.91 Å². The highest BCUT2D eigenvalue weighted by atomic mass is 16.4. The third kappa shape index (κ3) is 4.64. The summed E-state index contributed by atoms with van der Waals surface area (Å²) >= 11 is 0. The predicted molar refractivity (Wildman–Crippen MR) is 69.0 cm³/mol. The van der Waals surface area contributed by atoms with Crippen molar-refractivity contribution in [1.29, 1.82) is 0 Å². The SMILES string of the molecule is CC[C@H](N)C(=O)NC(CC1CCCCC1)C(=O)O. The molecule has 104 valence electrons. The van der Waals surface area contributed by atoms with E-state index < -0.39 is 18.1 Å². The maximum absolute atomic E-state index is 11.6. The highest BCUT2D eigenvalue weighted by molar-refractivity contribution is 5.86. The van der Waals surface area contributed by atoms with Crippen molar-refractivity contribution in [3.63, 3.8) is 0 Å². The Morgan fingerprint density at radius 3 is 2.44 bits per heavy atom. The molecule has 1 fully saturated rings. The second kappa shape index (κ2) is 7.36. The Morgan fingerprint density at radius 2 is 1.94 bits per heavy atom. The fraction of sp³-hybridized carbons (Fsp3) is 0.846. The number of carbonyl (C=O) groups excluding carboxylic acids is 1. The van der Waals surface area contributed by atoms with Crippen LogP contribution in [0.25, 0.3) is 0 Å². The third-order valence-electron chi connectivity index (χ3n) is 3.68. The van der Waals surface area contributed by atoms with Crippen LogP contribution in [0.5, 0.6) is 0 Å². The van der Waals surface area contributed by atoms with Crippen LogP contribution >= 0.6 is 0 Å². The number of rotatable bonds is 6. The van der Waals surface area contributed by atoms with E-state index in [0.717, 1.165) is 12.8 Å². The number of amides is 1. The zero-order chi connectivity index (χ0) is 13.5. The van der Waals surface area contributed by atoms with Crippen LogP contribution in [0.1, 0.15) is 51.9 Å². The first-order valence-electron chi connectivity index (χ1n) is 6.83. The molecule has 1 unspecified atom stereocenters. The minimum atomic E-state index is -0.961. The van der Waals surface area contributed by atoms with Gasteiger partial charge >= 0.3 is 5.97 Å². The first-order chi connectivity index (χ1) is 8.54. The molecule has 0 aromatic rings. The molecule has 4 N–H and O–H groups in total.